The van der Waals surface area contributed by atoms with E-state index in [2.05, 4.69) is 0 Å². The Balaban J connectivity index is 2.10. The van der Waals surface area contributed by atoms with Crippen molar-refractivity contribution in [3.63, 3.8) is 0 Å². The van der Waals surface area contributed by atoms with Gasteiger partial charge in [0.05, 0.1) is 18.3 Å². The van der Waals surface area contributed by atoms with E-state index in [4.69, 9.17) is 15.2 Å². The monoisotopic (exact) mass is 334 g/mol. The van der Waals surface area contributed by atoms with Gasteiger partial charge < -0.3 is 20.1 Å². The van der Waals surface area contributed by atoms with Crippen molar-refractivity contribution in [2.24, 2.45) is 5.73 Å². The van der Waals surface area contributed by atoms with Gasteiger partial charge in [-0.3, -0.25) is 4.79 Å². The van der Waals surface area contributed by atoms with Gasteiger partial charge in [0.25, 0.3) is 5.91 Å². The second kappa shape index (κ2) is 9.64. The van der Waals surface area contributed by atoms with Crippen LogP contribution in [0.3, 0.4) is 0 Å². The summed E-state index contributed by atoms with van der Waals surface area (Å²) in [6, 6.07) is 5.74. The van der Waals surface area contributed by atoms with Crippen molar-refractivity contribution < 1.29 is 14.3 Å². The summed E-state index contributed by atoms with van der Waals surface area (Å²) in [5, 5.41) is 0. The molecule has 1 fully saturated rings. The number of benzene rings is 1. The number of aryl methyl sites for hydroxylation is 1. The summed E-state index contributed by atoms with van der Waals surface area (Å²) in [6.45, 7) is 7.21. The van der Waals surface area contributed by atoms with Gasteiger partial charge in [-0.1, -0.05) is 6.07 Å². The third-order valence-electron chi connectivity index (χ3n) is 4.34. The van der Waals surface area contributed by atoms with E-state index in [1.54, 1.807) is 0 Å². The van der Waals surface area contributed by atoms with Crippen LogP contribution in [0.5, 0.6) is 5.75 Å². The van der Waals surface area contributed by atoms with Crippen molar-refractivity contribution in [2.45, 2.75) is 45.6 Å². The van der Waals surface area contributed by atoms with Crippen molar-refractivity contribution in [3.05, 3.63) is 29.3 Å². The van der Waals surface area contributed by atoms with E-state index in [1.807, 2.05) is 36.9 Å². The average Bonchev–Trinajstić information content (AvgIpc) is 2.60. The molecule has 2 N–H and O–H groups in total. The van der Waals surface area contributed by atoms with Gasteiger partial charge in [-0.25, -0.2) is 0 Å². The molecule has 1 aliphatic heterocycles. The zero-order valence-electron chi connectivity index (χ0n) is 14.9. The Morgan fingerprint density at radius 1 is 1.42 bits per heavy atom. The highest BCUT2D eigenvalue weighted by atomic mass is 16.5. The lowest BCUT2D eigenvalue weighted by molar-refractivity contribution is -0.00318. The van der Waals surface area contributed by atoms with Crippen molar-refractivity contribution in [1.82, 2.24) is 4.90 Å². The van der Waals surface area contributed by atoms with Crippen LogP contribution in [0.4, 0.5) is 0 Å². The molecular formula is C19H30N2O3. The first-order chi connectivity index (χ1) is 11.7. The molecule has 0 bridgehead atoms. The summed E-state index contributed by atoms with van der Waals surface area (Å²) in [7, 11) is 0. The number of carbonyl (C=O) groups excluding carboxylic acids is 1. The third kappa shape index (κ3) is 5.21. The maximum atomic E-state index is 13.0. The van der Waals surface area contributed by atoms with Crippen molar-refractivity contribution in [1.29, 1.82) is 0 Å². The molecule has 0 aromatic heterocycles. The van der Waals surface area contributed by atoms with E-state index in [0.717, 1.165) is 31.4 Å². The van der Waals surface area contributed by atoms with Gasteiger partial charge in [-0.05, 0) is 63.8 Å². The minimum Gasteiger partial charge on any atom is -0.493 e. The van der Waals surface area contributed by atoms with E-state index in [-0.39, 0.29) is 12.0 Å². The topological polar surface area (TPSA) is 64.8 Å². The fourth-order valence-corrected chi connectivity index (χ4v) is 2.91. The lowest BCUT2D eigenvalue weighted by Crippen LogP contribution is -2.39. The van der Waals surface area contributed by atoms with Crippen LogP contribution in [-0.2, 0) is 4.74 Å². The summed E-state index contributed by atoms with van der Waals surface area (Å²) in [4.78, 5) is 14.8. The van der Waals surface area contributed by atoms with Gasteiger partial charge in [0.2, 0.25) is 0 Å². The molecule has 24 heavy (non-hydrogen) atoms. The molecule has 1 heterocycles. The summed E-state index contributed by atoms with van der Waals surface area (Å²) >= 11 is 0. The summed E-state index contributed by atoms with van der Waals surface area (Å²) in [5.41, 5.74) is 7.22. The number of carbonyl (C=O) groups is 1. The van der Waals surface area contributed by atoms with Crippen LogP contribution in [0.15, 0.2) is 18.2 Å². The lowest BCUT2D eigenvalue weighted by Gasteiger charge is -2.29. The second-order valence-corrected chi connectivity index (χ2v) is 6.32. The molecule has 1 aromatic rings. The van der Waals surface area contributed by atoms with Crippen LogP contribution in [0.25, 0.3) is 0 Å². The number of likely N-dealkylation sites (N-methyl/N-ethyl adjacent to an activating group) is 1. The lowest BCUT2D eigenvalue weighted by atomic mass is 10.1. The Labute approximate surface area is 145 Å². The van der Waals surface area contributed by atoms with Gasteiger partial charge in [0, 0.05) is 19.7 Å². The predicted molar refractivity (Wildman–Crippen MR) is 95.5 cm³/mol. The molecule has 1 atom stereocenters. The SMILES string of the molecule is CCN(CC1CCCCO1)C(=O)c1ccc(C)cc1OCCCN. The van der Waals surface area contributed by atoms with Crippen LogP contribution < -0.4 is 10.5 Å². The highest BCUT2D eigenvalue weighted by Gasteiger charge is 2.23. The smallest absolute Gasteiger partial charge is 0.257 e. The first-order valence-electron chi connectivity index (χ1n) is 9.00. The standard InChI is InChI=1S/C19H30N2O3/c1-3-21(14-16-7-4-5-11-23-16)19(22)17-9-8-15(2)13-18(17)24-12-6-10-20/h8-9,13,16H,3-7,10-12,14,20H2,1-2H3. The fourth-order valence-electron chi connectivity index (χ4n) is 2.91. The van der Waals surface area contributed by atoms with Crippen molar-refractivity contribution in [2.75, 3.05) is 32.8 Å². The maximum absolute atomic E-state index is 13.0. The minimum atomic E-state index is 0.00872. The molecule has 1 saturated heterocycles. The van der Waals surface area contributed by atoms with Crippen LogP contribution >= 0.6 is 0 Å². The number of hydrogen-bond donors (Lipinski definition) is 1. The fraction of sp³-hybridized carbons (Fsp3) is 0.632. The van der Waals surface area contributed by atoms with Crippen molar-refractivity contribution in [3.8, 4) is 5.75 Å². The molecule has 1 amide bonds. The summed E-state index contributed by atoms with van der Waals surface area (Å²) < 4.78 is 11.6. The number of amides is 1. The molecule has 0 radical (unpaired) electrons. The maximum Gasteiger partial charge on any atom is 0.257 e. The van der Waals surface area contributed by atoms with Gasteiger partial charge in [0.15, 0.2) is 0 Å². The van der Waals surface area contributed by atoms with Crippen LogP contribution in [0, 0.1) is 6.92 Å². The number of rotatable bonds is 8. The first kappa shape index (κ1) is 18.7. The quantitative estimate of drug-likeness (QED) is 0.743. The van der Waals surface area contributed by atoms with Crippen LogP contribution in [0.2, 0.25) is 0 Å². The molecule has 1 aliphatic rings. The largest absolute Gasteiger partial charge is 0.493 e. The number of ether oxygens (including phenoxy) is 2. The summed E-state index contributed by atoms with van der Waals surface area (Å²) in [5.74, 6) is 0.658. The Kier molecular flexibility index (Phi) is 7.53. The summed E-state index contributed by atoms with van der Waals surface area (Å²) in [6.07, 6.45) is 4.24. The van der Waals surface area contributed by atoms with Gasteiger partial charge in [-0.2, -0.15) is 0 Å². The predicted octanol–water partition coefficient (Wildman–Crippen LogP) is 2.75. The van der Waals surface area contributed by atoms with E-state index in [9.17, 15) is 4.79 Å². The molecule has 1 unspecified atom stereocenters. The molecule has 0 saturated carbocycles. The van der Waals surface area contributed by atoms with Gasteiger partial charge >= 0.3 is 0 Å². The van der Waals surface area contributed by atoms with E-state index in [1.165, 1.54) is 6.42 Å². The number of hydrogen-bond acceptors (Lipinski definition) is 4. The first-order valence-corrected chi connectivity index (χ1v) is 9.00. The van der Waals surface area contributed by atoms with E-state index in [0.29, 0.717) is 37.6 Å². The highest BCUT2D eigenvalue weighted by Crippen LogP contribution is 2.23. The molecule has 2 rings (SSSR count). The molecule has 1 aromatic carbocycles. The zero-order chi connectivity index (χ0) is 17.4. The Bertz CT molecular complexity index is 527. The van der Waals surface area contributed by atoms with E-state index >= 15 is 0 Å². The molecule has 0 aliphatic carbocycles. The van der Waals surface area contributed by atoms with Crippen LogP contribution in [0.1, 0.15) is 48.5 Å². The molecular weight excluding hydrogens is 304 g/mol. The number of nitrogens with two attached hydrogens (primary N) is 1. The molecule has 134 valence electrons. The normalized spacial score (nSPS) is 17.5. The zero-order valence-corrected chi connectivity index (χ0v) is 14.9. The molecule has 0 spiro atoms. The Hall–Kier alpha value is -1.59. The van der Waals surface area contributed by atoms with Crippen molar-refractivity contribution >= 4 is 5.91 Å². The van der Waals surface area contributed by atoms with Gasteiger partial charge in [-0.15, -0.1) is 0 Å². The highest BCUT2D eigenvalue weighted by molar-refractivity contribution is 5.97. The average molecular weight is 334 g/mol. The molecule has 5 nitrogen and oxygen atoms in total. The number of nitrogens with zero attached hydrogens (tertiary/aromatic N) is 1. The second-order valence-electron chi connectivity index (χ2n) is 6.32. The Morgan fingerprint density at radius 3 is 2.92 bits per heavy atom. The van der Waals surface area contributed by atoms with Crippen LogP contribution in [-0.4, -0.2) is 49.8 Å². The van der Waals surface area contributed by atoms with Gasteiger partial charge in [0.1, 0.15) is 5.75 Å². The van der Waals surface area contributed by atoms with E-state index < -0.39 is 0 Å². The minimum absolute atomic E-state index is 0.00872. The molecule has 5 heteroatoms. The third-order valence-corrected chi connectivity index (χ3v) is 4.34. The Morgan fingerprint density at radius 2 is 2.25 bits per heavy atom.